The van der Waals surface area contributed by atoms with E-state index >= 15 is 0 Å². The van der Waals surface area contributed by atoms with Gasteiger partial charge >= 0.3 is 0 Å². The SMILES string of the molecule is O=C(C1CC1)N1CCC[C@@H](c2nnc(-c3ccc(F)cc3)o2)C1. The third-order valence-corrected chi connectivity index (χ3v) is 4.54. The molecule has 1 aliphatic carbocycles. The van der Waals surface area contributed by atoms with Crippen LogP contribution in [-0.2, 0) is 4.79 Å². The number of hydrogen-bond acceptors (Lipinski definition) is 4. The average Bonchev–Trinajstić information content (AvgIpc) is 3.32. The number of piperidine rings is 1. The summed E-state index contributed by atoms with van der Waals surface area (Å²) in [7, 11) is 0. The molecule has 0 N–H and O–H groups in total. The molecule has 1 amide bonds. The van der Waals surface area contributed by atoms with Crippen LogP contribution in [-0.4, -0.2) is 34.1 Å². The van der Waals surface area contributed by atoms with Crippen molar-refractivity contribution >= 4 is 5.91 Å². The molecule has 1 aromatic heterocycles. The van der Waals surface area contributed by atoms with E-state index in [0.29, 0.717) is 23.9 Å². The van der Waals surface area contributed by atoms with Crippen molar-refractivity contribution < 1.29 is 13.6 Å². The number of aromatic nitrogens is 2. The van der Waals surface area contributed by atoms with Gasteiger partial charge in [-0.2, -0.15) is 0 Å². The van der Waals surface area contributed by atoms with Gasteiger partial charge in [0.2, 0.25) is 17.7 Å². The monoisotopic (exact) mass is 315 g/mol. The van der Waals surface area contributed by atoms with Crippen LogP contribution in [0, 0.1) is 11.7 Å². The van der Waals surface area contributed by atoms with Gasteiger partial charge < -0.3 is 9.32 Å². The van der Waals surface area contributed by atoms with Gasteiger partial charge in [0.15, 0.2) is 0 Å². The Labute approximate surface area is 133 Å². The quantitative estimate of drug-likeness (QED) is 0.873. The normalized spacial score (nSPS) is 21.4. The molecule has 2 heterocycles. The standard InChI is InChI=1S/C17H18FN3O2/c18-14-7-5-11(6-8-14)15-19-20-16(23-15)13-2-1-9-21(10-13)17(22)12-3-4-12/h5-8,12-13H,1-4,9-10H2/t13-/m1/s1. The van der Waals surface area contributed by atoms with Crippen LogP contribution in [0.3, 0.4) is 0 Å². The van der Waals surface area contributed by atoms with E-state index in [4.69, 9.17) is 4.42 Å². The van der Waals surface area contributed by atoms with Crippen LogP contribution in [0.1, 0.15) is 37.5 Å². The molecule has 5 nitrogen and oxygen atoms in total. The molecular formula is C17H18FN3O2. The van der Waals surface area contributed by atoms with Gasteiger partial charge in [-0.3, -0.25) is 4.79 Å². The molecule has 0 spiro atoms. The summed E-state index contributed by atoms with van der Waals surface area (Å²) in [6.45, 7) is 1.48. The number of hydrogen-bond donors (Lipinski definition) is 0. The Kier molecular flexibility index (Phi) is 3.59. The van der Waals surface area contributed by atoms with Crippen molar-refractivity contribution in [3.63, 3.8) is 0 Å². The molecule has 1 saturated heterocycles. The Morgan fingerprint density at radius 1 is 1.17 bits per heavy atom. The zero-order chi connectivity index (χ0) is 15.8. The van der Waals surface area contributed by atoms with E-state index < -0.39 is 0 Å². The first kappa shape index (κ1) is 14.4. The highest BCUT2D eigenvalue weighted by molar-refractivity contribution is 5.81. The summed E-state index contributed by atoms with van der Waals surface area (Å²) in [5.41, 5.74) is 0.701. The molecule has 1 aromatic carbocycles. The lowest BCUT2D eigenvalue weighted by Gasteiger charge is -2.31. The molecule has 1 saturated carbocycles. The Morgan fingerprint density at radius 3 is 2.70 bits per heavy atom. The van der Waals surface area contributed by atoms with E-state index in [2.05, 4.69) is 10.2 Å². The number of carbonyl (C=O) groups excluding carboxylic acids is 1. The van der Waals surface area contributed by atoms with E-state index in [1.54, 1.807) is 12.1 Å². The molecule has 2 aliphatic rings. The number of rotatable bonds is 3. The zero-order valence-electron chi connectivity index (χ0n) is 12.7. The summed E-state index contributed by atoms with van der Waals surface area (Å²) in [6, 6.07) is 5.98. The first-order valence-corrected chi connectivity index (χ1v) is 8.09. The van der Waals surface area contributed by atoms with Gasteiger partial charge in [0.1, 0.15) is 5.82 Å². The lowest BCUT2D eigenvalue weighted by molar-refractivity contribution is -0.133. The molecule has 1 aliphatic heterocycles. The minimum Gasteiger partial charge on any atom is -0.420 e. The fourth-order valence-corrected chi connectivity index (χ4v) is 3.08. The molecule has 23 heavy (non-hydrogen) atoms. The minimum atomic E-state index is -0.296. The van der Waals surface area contributed by atoms with Gasteiger partial charge in [-0.15, -0.1) is 10.2 Å². The van der Waals surface area contributed by atoms with Crippen LogP contribution in [0.15, 0.2) is 28.7 Å². The van der Waals surface area contributed by atoms with Crippen LogP contribution < -0.4 is 0 Å². The molecule has 2 aromatic rings. The van der Waals surface area contributed by atoms with Crippen molar-refractivity contribution in [1.29, 1.82) is 0 Å². The van der Waals surface area contributed by atoms with Gasteiger partial charge in [-0.1, -0.05) is 0 Å². The number of halogens is 1. The largest absolute Gasteiger partial charge is 0.420 e. The highest BCUT2D eigenvalue weighted by atomic mass is 19.1. The smallest absolute Gasteiger partial charge is 0.247 e. The average molecular weight is 315 g/mol. The summed E-state index contributed by atoms with van der Waals surface area (Å²) < 4.78 is 18.8. The van der Waals surface area contributed by atoms with Gasteiger partial charge in [-0.25, -0.2) is 4.39 Å². The van der Waals surface area contributed by atoms with Crippen molar-refractivity contribution in [1.82, 2.24) is 15.1 Å². The van der Waals surface area contributed by atoms with Crippen molar-refractivity contribution in [3.05, 3.63) is 36.0 Å². The van der Waals surface area contributed by atoms with Crippen molar-refractivity contribution in [2.75, 3.05) is 13.1 Å². The predicted molar refractivity (Wildman–Crippen MR) is 81.0 cm³/mol. The van der Waals surface area contributed by atoms with Gasteiger partial charge in [0.25, 0.3) is 0 Å². The maximum absolute atomic E-state index is 13.0. The predicted octanol–water partition coefficient (Wildman–Crippen LogP) is 2.99. The van der Waals surface area contributed by atoms with Gasteiger partial charge in [0.05, 0.1) is 5.92 Å². The summed E-state index contributed by atoms with van der Waals surface area (Å²) in [5, 5.41) is 8.21. The third-order valence-electron chi connectivity index (χ3n) is 4.54. The fourth-order valence-electron chi connectivity index (χ4n) is 3.08. The van der Waals surface area contributed by atoms with Crippen molar-refractivity contribution in [2.24, 2.45) is 5.92 Å². The van der Waals surface area contributed by atoms with Crippen molar-refractivity contribution in [3.8, 4) is 11.5 Å². The van der Waals surface area contributed by atoms with Crippen molar-refractivity contribution in [2.45, 2.75) is 31.6 Å². The van der Waals surface area contributed by atoms with Crippen LogP contribution in [0.25, 0.3) is 11.5 Å². The van der Waals surface area contributed by atoms with E-state index in [-0.39, 0.29) is 23.6 Å². The van der Waals surface area contributed by atoms with Gasteiger partial charge in [0, 0.05) is 24.6 Å². The lowest BCUT2D eigenvalue weighted by Crippen LogP contribution is -2.40. The van der Waals surface area contributed by atoms with E-state index in [0.717, 1.165) is 32.2 Å². The van der Waals surface area contributed by atoms with E-state index in [9.17, 15) is 9.18 Å². The molecule has 0 bridgehead atoms. The maximum Gasteiger partial charge on any atom is 0.247 e. The molecule has 6 heteroatoms. The number of carbonyl (C=O) groups is 1. The zero-order valence-corrected chi connectivity index (χ0v) is 12.7. The topological polar surface area (TPSA) is 59.2 Å². The first-order chi connectivity index (χ1) is 11.2. The highest BCUT2D eigenvalue weighted by Crippen LogP contribution is 2.34. The number of nitrogens with zero attached hydrogens (tertiary/aromatic N) is 3. The second-order valence-corrected chi connectivity index (χ2v) is 6.35. The van der Waals surface area contributed by atoms with Gasteiger partial charge in [-0.05, 0) is 49.9 Å². The van der Waals surface area contributed by atoms with Crippen LogP contribution in [0.4, 0.5) is 4.39 Å². The molecule has 0 radical (unpaired) electrons. The lowest BCUT2D eigenvalue weighted by atomic mass is 9.97. The molecule has 120 valence electrons. The summed E-state index contributed by atoms with van der Waals surface area (Å²) in [5.74, 6) is 1.27. The molecule has 1 atom stereocenters. The Morgan fingerprint density at radius 2 is 1.96 bits per heavy atom. The maximum atomic E-state index is 13.0. The summed E-state index contributed by atoms with van der Waals surface area (Å²) >= 11 is 0. The number of likely N-dealkylation sites (tertiary alicyclic amines) is 1. The molecule has 2 fully saturated rings. The van der Waals surface area contributed by atoms with E-state index in [1.807, 2.05) is 4.90 Å². The molecule has 4 rings (SSSR count). The second kappa shape index (κ2) is 5.76. The van der Waals surface area contributed by atoms with Crippen LogP contribution >= 0.6 is 0 Å². The van der Waals surface area contributed by atoms with Crippen LogP contribution in [0.5, 0.6) is 0 Å². The highest BCUT2D eigenvalue weighted by Gasteiger charge is 2.36. The summed E-state index contributed by atoms with van der Waals surface area (Å²) in [4.78, 5) is 14.2. The Bertz CT molecular complexity index is 709. The first-order valence-electron chi connectivity index (χ1n) is 8.09. The molecule has 0 unspecified atom stereocenters. The fraction of sp³-hybridized carbons (Fsp3) is 0.471. The van der Waals surface area contributed by atoms with E-state index in [1.165, 1.54) is 12.1 Å². The number of amides is 1. The number of benzene rings is 1. The summed E-state index contributed by atoms with van der Waals surface area (Å²) in [6.07, 6.45) is 3.95. The Balaban J connectivity index is 1.49. The van der Waals surface area contributed by atoms with Crippen LogP contribution in [0.2, 0.25) is 0 Å². The molecular weight excluding hydrogens is 297 g/mol. The minimum absolute atomic E-state index is 0.0909. The third kappa shape index (κ3) is 2.98. The Hall–Kier alpha value is -2.24. The second-order valence-electron chi connectivity index (χ2n) is 6.35.